The summed E-state index contributed by atoms with van der Waals surface area (Å²) in [6, 6.07) is 6.12. The third-order valence-electron chi connectivity index (χ3n) is 2.83. The molecule has 0 saturated carbocycles. The summed E-state index contributed by atoms with van der Waals surface area (Å²) in [5.41, 5.74) is 1.94. The molecule has 0 radical (unpaired) electrons. The minimum Gasteiger partial charge on any atom is -0.348 e. The van der Waals surface area contributed by atoms with Crippen molar-refractivity contribution in [2.75, 3.05) is 13.1 Å². The molecule has 2 N–H and O–H groups in total. The Kier molecular flexibility index (Phi) is 3.81. The van der Waals surface area contributed by atoms with Crippen LogP contribution in [0.2, 0.25) is 0 Å². The molecule has 86 valence electrons. The van der Waals surface area contributed by atoms with E-state index in [0.29, 0.717) is 0 Å². The van der Waals surface area contributed by atoms with Crippen LogP contribution in [0.1, 0.15) is 22.3 Å². The predicted octanol–water partition coefficient (Wildman–Crippen LogP) is 1.69. The Balaban J connectivity index is 2.11. The van der Waals surface area contributed by atoms with E-state index >= 15 is 0 Å². The van der Waals surface area contributed by atoms with Gasteiger partial charge in [0.05, 0.1) is 5.56 Å². The van der Waals surface area contributed by atoms with Crippen LogP contribution in [0.15, 0.2) is 18.2 Å². The number of carbonyl (C=O) groups is 1. The van der Waals surface area contributed by atoms with Gasteiger partial charge in [-0.25, -0.2) is 0 Å². The maximum atomic E-state index is 12.0. The molecule has 4 heteroatoms. The Bertz CT molecular complexity index is 400. The predicted molar refractivity (Wildman–Crippen MR) is 72.6 cm³/mol. The van der Waals surface area contributed by atoms with Crippen molar-refractivity contribution >= 4 is 28.5 Å². The molecule has 16 heavy (non-hydrogen) atoms. The lowest BCUT2D eigenvalue weighted by molar-refractivity contribution is 0.0939. The minimum absolute atomic E-state index is 0.0433. The van der Waals surface area contributed by atoms with Crippen molar-refractivity contribution in [1.29, 1.82) is 0 Å². The second-order valence-electron chi connectivity index (χ2n) is 4.10. The Labute approximate surface area is 109 Å². The van der Waals surface area contributed by atoms with Gasteiger partial charge in [-0.2, -0.15) is 0 Å². The molecule has 0 aliphatic carbocycles. The van der Waals surface area contributed by atoms with E-state index in [1.807, 2.05) is 25.1 Å². The SMILES string of the molecule is Cc1cccc(C(=O)NC2CCNC2)c1I. The highest BCUT2D eigenvalue weighted by Crippen LogP contribution is 2.16. The van der Waals surface area contributed by atoms with Crippen LogP contribution in [-0.4, -0.2) is 25.0 Å². The van der Waals surface area contributed by atoms with Crippen molar-refractivity contribution in [3.05, 3.63) is 32.9 Å². The maximum Gasteiger partial charge on any atom is 0.252 e. The average molecular weight is 330 g/mol. The van der Waals surface area contributed by atoms with E-state index in [1.54, 1.807) is 0 Å². The number of carbonyl (C=O) groups excluding carboxylic acids is 1. The summed E-state index contributed by atoms with van der Waals surface area (Å²) >= 11 is 2.23. The monoisotopic (exact) mass is 330 g/mol. The van der Waals surface area contributed by atoms with Crippen molar-refractivity contribution in [1.82, 2.24) is 10.6 Å². The largest absolute Gasteiger partial charge is 0.348 e. The van der Waals surface area contributed by atoms with Crippen molar-refractivity contribution in [3.63, 3.8) is 0 Å². The molecule has 1 unspecified atom stereocenters. The summed E-state index contributed by atoms with van der Waals surface area (Å²) in [5.74, 6) is 0.0433. The third-order valence-corrected chi connectivity index (χ3v) is 4.26. The zero-order valence-electron chi connectivity index (χ0n) is 9.22. The van der Waals surface area contributed by atoms with Crippen molar-refractivity contribution in [3.8, 4) is 0 Å². The summed E-state index contributed by atoms with van der Waals surface area (Å²) in [6.07, 6.45) is 1.02. The summed E-state index contributed by atoms with van der Waals surface area (Å²) in [4.78, 5) is 12.0. The van der Waals surface area contributed by atoms with Crippen LogP contribution in [0.3, 0.4) is 0 Å². The van der Waals surface area contributed by atoms with Crippen LogP contribution < -0.4 is 10.6 Å². The Morgan fingerprint density at radius 3 is 3.06 bits per heavy atom. The fraction of sp³-hybridized carbons (Fsp3) is 0.417. The molecule has 2 rings (SSSR count). The minimum atomic E-state index is 0.0433. The normalized spacial score (nSPS) is 19.8. The van der Waals surface area contributed by atoms with E-state index in [0.717, 1.165) is 34.2 Å². The molecule has 1 aliphatic heterocycles. The smallest absolute Gasteiger partial charge is 0.252 e. The average Bonchev–Trinajstić information content (AvgIpc) is 2.74. The van der Waals surface area contributed by atoms with E-state index in [-0.39, 0.29) is 11.9 Å². The van der Waals surface area contributed by atoms with Crippen LogP contribution in [0.4, 0.5) is 0 Å². The van der Waals surface area contributed by atoms with Gasteiger partial charge in [-0.05, 0) is 54.1 Å². The highest BCUT2D eigenvalue weighted by Gasteiger charge is 2.18. The fourth-order valence-electron chi connectivity index (χ4n) is 1.86. The molecule has 1 heterocycles. The van der Waals surface area contributed by atoms with Gasteiger partial charge in [0.1, 0.15) is 0 Å². The lowest BCUT2D eigenvalue weighted by Gasteiger charge is -2.13. The zero-order valence-corrected chi connectivity index (χ0v) is 11.4. The maximum absolute atomic E-state index is 12.0. The van der Waals surface area contributed by atoms with E-state index in [9.17, 15) is 4.79 Å². The molecule has 1 aliphatic rings. The Hall–Kier alpha value is -0.620. The summed E-state index contributed by atoms with van der Waals surface area (Å²) in [6.45, 7) is 3.90. The van der Waals surface area contributed by atoms with Crippen molar-refractivity contribution in [2.24, 2.45) is 0 Å². The molecule has 0 bridgehead atoms. The molecule has 1 atom stereocenters. The first-order valence-electron chi connectivity index (χ1n) is 5.45. The lowest BCUT2D eigenvalue weighted by Crippen LogP contribution is -2.36. The van der Waals surface area contributed by atoms with Crippen molar-refractivity contribution < 1.29 is 4.79 Å². The molecular weight excluding hydrogens is 315 g/mol. The standard InChI is InChI=1S/C12H15IN2O/c1-8-3-2-4-10(11(8)13)12(16)15-9-5-6-14-7-9/h2-4,9,14H,5-7H2,1H3,(H,15,16). The summed E-state index contributed by atoms with van der Waals surface area (Å²) in [7, 11) is 0. The molecule has 1 fully saturated rings. The second kappa shape index (κ2) is 5.14. The fourth-order valence-corrected chi connectivity index (χ4v) is 2.47. The number of amides is 1. The molecule has 1 aromatic rings. The van der Waals surface area contributed by atoms with Gasteiger partial charge in [0, 0.05) is 16.2 Å². The van der Waals surface area contributed by atoms with E-state index in [1.165, 1.54) is 0 Å². The van der Waals surface area contributed by atoms with E-state index in [2.05, 4.69) is 33.2 Å². The van der Waals surface area contributed by atoms with Crippen molar-refractivity contribution in [2.45, 2.75) is 19.4 Å². The van der Waals surface area contributed by atoms with Crippen LogP contribution in [-0.2, 0) is 0 Å². The first-order chi connectivity index (χ1) is 7.68. The third kappa shape index (κ3) is 2.55. The molecule has 0 aromatic heterocycles. The number of aryl methyl sites for hydroxylation is 1. The Morgan fingerprint density at radius 1 is 1.56 bits per heavy atom. The molecule has 1 amide bonds. The van der Waals surface area contributed by atoms with Gasteiger partial charge in [-0.1, -0.05) is 12.1 Å². The number of halogens is 1. The first-order valence-corrected chi connectivity index (χ1v) is 6.53. The molecule has 0 spiro atoms. The van der Waals surface area contributed by atoms with Gasteiger partial charge < -0.3 is 10.6 Å². The van der Waals surface area contributed by atoms with Gasteiger partial charge in [-0.15, -0.1) is 0 Å². The second-order valence-corrected chi connectivity index (χ2v) is 5.18. The summed E-state index contributed by atoms with van der Waals surface area (Å²) in [5, 5.41) is 6.30. The molecular formula is C12H15IN2O. The van der Waals surface area contributed by atoms with Gasteiger partial charge in [0.15, 0.2) is 0 Å². The van der Waals surface area contributed by atoms with Crippen LogP contribution in [0, 0.1) is 10.5 Å². The molecule has 3 nitrogen and oxygen atoms in total. The highest BCUT2D eigenvalue weighted by atomic mass is 127. The Morgan fingerprint density at radius 2 is 2.38 bits per heavy atom. The van der Waals surface area contributed by atoms with Gasteiger partial charge in [0.2, 0.25) is 0 Å². The molecule has 1 saturated heterocycles. The first kappa shape index (κ1) is 11.9. The van der Waals surface area contributed by atoms with Crippen LogP contribution >= 0.6 is 22.6 Å². The number of rotatable bonds is 2. The zero-order chi connectivity index (χ0) is 11.5. The molecule has 1 aromatic carbocycles. The van der Waals surface area contributed by atoms with Crippen LogP contribution in [0.5, 0.6) is 0 Å². The highest BCUT2D eigenvalue weighted by molar-refractivity contribution is 14.1. The van der Waals surface area contributed by atoms with Gasteiger partial charge in [-0.3, -0.25) is 4.79 Å². The van der Waals surface area contributed by atoms with Crippen LogP contribution in [0.25, 0.3) is 0 Å². The van der Waals surface area contributed by atoms with E-state index < -0.39 is 0 Å². The number of nitrogens with one attached hydrogen (secondary N) is 2. The quantitative estimate of drug-likeness (QED) is 0.811. The number of hydrogen-bond donors (Lipinski definition) is 2. The number of benzene rings is 1. The van der Waals surface area contributed by atoms with Gasteiger partial charge in [0.25, 0.3) is 5.91 Å². The lowest BCUT2D eigenvalue weighted by atomic mass is 10.1. The van der Waals surface area contributed by atoms with E-state index in [4.69, 9.17) is 0 Å². The summed E-state index contributed by atoms with van der Waals surface area (Å²) < 4.78 is 1.04. The topological polar surface area (TPSA) is 41.1 Å². The van der Waals surface area contributed by atoms with Gasteiger partial charge >= 0.3 is 0 Å². The number of hydrogen-bond acceptors (Lipinski definition) is 2.